The van der Waals surface area contributed by atoms with Gasteiger partial charge in [-0.3, -0.25) is 0 Å². The Hall–Kier alpha value is -1.06. The minimum Gasteiger partial charge on any atom is -0.460 e. The number of para-hydroxylation sites is 1. The highest BCUT2D eigenvalue weighted by Crippen LogP contribution is 2.35. The van der Waals surface area contributed by atoms with Crippen LogP contribution in [0.3, 0.4) is 0 Å². The van der Waals surface area contributed by atoms with E-state index in [1.54, 1.807) is 6.92 Å². The van der Waals surface area contributed by atoms with Crippen molar-refractivity contribution >= 4 is 0 Å². The fraction of sp³-hybridized carbons (Fsp3) is 0.684. The number of benzene rings is 1. The predicted octanol–water partition coefficient (Wildman–Crippen LogP) is 4.93. The molecule has 22 heavy (non-hydrogen) atoms. The minimum atomic E-state index is -0.301. The lowest BCUT2D eigenvalue weighted by molar-refractivity contribution is 0.0513. The van der Waals surface area contributed by atoms with Crippen LogP contribution in [-0.4, -0.2) is 24.1 Å². The molecule has 0 spiro atoms. The Labute approximate surface area is 135 Å². The van der Waals surface area contributed by atoms with Crippen LogP contribution in [0.4, 0.5) is 0 Å². The van der Waals surface area contributed by atoms with E-state index in [1.807, 2.05) is 30.3 Å². The van der Waals surface area contributed by atoms with Crippen LogP contribution < -0.4 is 4.74 Å². The molecule has 0 radical (unpaired) electrons. The second kappa shape index (κ2) is 11.5. The van der Waals surface area contributed by atoms with Crippen LogP contribution >= 0.6 is 0 Å². The molecule has 0 amide bonds. The Bertz CT molecular complexity index is 360. The van der Waals surface area contributed by atoms with Gasteiger partial charge in [0.05, 0.1) is 0 Å². The Morgan fingerprint density at radius 2 is 1.55 bits per heavy atom. The second-order valence-corrected chi connectivity index (χ2v) is 5.80. The van der Waals surface area contributed by atoms with Crippen LogP contribution in [0, 0.1) is 0 Å². The summed E-state index contributed by atoms with van der Waals surface area (Å²) in [6.07, 6.45) is 10.3. The largest absolute Gasteiger partial charge is 0.460 e. The third-order valence-corrected chi connectivity index (χ3v) is 3.67. The molecule has 1 unspecified atom stereocenters. The number of aliphatic hydroxyl groups excluding tert-OH is 1. The minimum absolute atomic E-state index is 0.250. The molecule has 0 bridgehead atoms. The van der Waals surface area contributed by atoms with Crippen LogP contribution in [0.15, 0.2) is 30.3 Å². The Morgan fingerprint density at radius 1 is 1.00 bits per heavy atom. The SMILES string of the molecule is CCCCCCCCCC1(Oc2ccccc2)CO1.CCO. The summed E-state index contributed by atoms with van der Waals surface area (Å²) in [6.45, 7) is 4.94. The fourth-order valence-electron chi connectivity index (χ4n) is 2.39. The smallest absolute Gasteiger partial charge is 0.234 e. The van der Waals surface area contributed by atoms with E-state index in [2.05, 4.69) is 6.92 Å². The Balaban J connectivity index is 0.000000745. The molecule has 3 nitrogen and oxygen atoms in total. The summed E-state index contributed by atoms with van der Waals surface area (Å²) >= 11 is 0. The lowest BCUT2D eigenvalue weighted by atomic mass is 10.1. The molecule has 1 aromatic rings. The van der Waals surface area contributed by atoms with Crippen molar-refractivity contribution in [3.63, 3.8) is 0 Å². The first-order valence-corrected chi connectivity index (χ1v) is 8.75. The van der Waals surface area contributed by atoms with Crippen molar-refractivity contribution in [2.24, 2.45) is 0 Å². The molecule has 0 aromatic heterocycles. The van der Waals surface area contributed by atoms with E-state index >= 15 is 0 Å². The zero-order valence-electron chi connectivity index (χ0n) is 14.2. The van der Waals surface area contributed by atoms with Gasteiger partial charge in [0.25, 0.3) is 0 Å². The highest BCUT2D eigenvalue weighted by atomic mass is 16.8. The van der Waals surface area contributed by atoms with Gasteiger partial charge in [0.1, 0.15) is 12.4 Å². The third-order valence-electron chi connectivity index (χ3n) is 3.67. The molecule has 1 saturated heterocycles. The molecule has 126 valence electrons. The summed E-state index contributed by atoms with van der Waals surface area (Å²) in [5.41, 5.74) is 0. The van der Waals surface area contributed by atoms with Crippen molar-refractivity contribution in [1.29, 1.82) is 0 Å². The van der Waals surface area contributed by atoms with E-state index in [-0.39, 0.29) is 12.4 Å². The van der Waals surface area contributed by atoms with Crippen LogP contribution in [0.1, 0.15) is 65.2 Å². The van der Waals surface area contributed by atoms with E-state index in [0.29, 0.717) is 0 Å². The summed E-state index contributed by atoms with van der Waals surface area (Å²) in [4.78, 5) is 0. The highest BCUT2D eigenvalue weighted by molar-refractivity contribution is 5.22. The topological polar surface area (TPSA) is 42.0 Å². The number of hydrogen-bond acceptors (Lipinski definition) is 3. The van der Waals surface area contributed by atoms with Gasteiger partial charge in [-0.15, -0.1) is 0 Å². The van der Waals surface area contributed by atoms with Gasteiger partial charge in [0.2, 0.25) is 5.79 Å². The molecule has 0 aliphatic carbocycles. The Morgan fingerprint density at radius 3 is 2.09 bits per heavy atom. The fourth-order valence-corrected chi connectivity index (χ4v) is 2.39. The molecule has 2 rings (SSSR count). The lowest BCUT2D eigenvalue weighted by Gasteiger charge is -2.14. The number of unbranched alkanes of at least 4 members (excludes halogenated alkanes) is 6. The van der Waals surface area contributed by atoms with E-state index in [1.165, 1.54) is 44.9 Å². The first-order valence-electron chi connectivity index (χ1n) is 8.75. The van der Waals surface area contributed by atoms with Gasteiger partial charge in [-0.05, 0) is 25.5 Å². The molecule has 1 atom stereocenters. The second-order valence-electron chi connectivity index (χ2n) is 5.80. The molecule has 1 heterocycles. The van der Waals surface area contributed by atoms with E-state index in [9.17, 15) is 0 Å². The van der Waals surface area contributed by atoms with Gasteiger partial charge in [0, 0.05) is 13.0 Å². The van der Waals surface area contributed by atoms with Gasteiger partial charge in [0.15, 0.2) is 0 Å². The van der Waals surface area contributed by atoms with Crippen molar-refractivity contribution in [2.75, 3.05) is 13.2 Å². The highest BCUT2D eigenvalue weighted by Gasteiger charge is 2.47. The standard InChI is InChI=1S/C17H26O2.C2H6O/c1-2-3-4-5-6-7-11-14-17(15-18-17)19-16-12-9-8-10-13-16;1-2-3/h8-10,12-13H,2-7,11,14-15H2,1H3;3H,2H2,1H3. The normalized spacial score (nSPS) is 19.2. The van der Waals surface area contributed by atoms with Crippen LogP contribution in [0.2, 0.25) is 0 Å². The maximum Gasteiger partial charge on any atom is 0.234 e. The van der Waals surface area contributed by atoms with E-state index < -0.39 is 0 Å². The maximum absolute atomic E-state index is 7.57. The molecule has 1 aromatic carbocycles. The quantitative estimate of drug-likeness (QED) is 0.492. The molecule has 3 heteroatoms. The van der Waals surface area contributed by atoms with Crippen molar-refractivity contribution in [3.05, 3.63) is 30.3 Å². The van der Waals surface area contributed by atoms with Crippen LogP contribution in [0.25, 0.3) is 0 Å². The van der Waals surface area contributed by atoms with Crippen molar-refractivity contribution < 1.29 is 14.6 Å². The summed E-state index contributed by atoms with van der Waals surface area (Å²) in [7, 11) is 0. The summed E-state index contributed by atoms with van der Waals surface area (Å²) in [5, 5.41) is 7.57. The zero-order valence-corrected chi connectivity index (χ0v) is 14.2. The van der Waals surface area contributed by atoms with Gasteiger partial charge in [-0.2, -0.15) is 0 Å². The average molecular weight is 308 g/mol. The summed E-state index contributed by atoms with van der Waals surface area (Å²) in [6, 6.07) is 9.99. The Kier molecular flexibility index (Phi) is 9.93. The number of rotatable bonds is 10. The molecule has 1 aliphatic heterocycles. The van der Waals surface area contributed by atoms with Crippen LogP contribution in [-0.2, 0) is 4.74 Å². The average Bonchev–Trinajstić information content (AvgIpc) is 3.28. The molecule has 0 saturated carbocycles. The number of ether oxygens (including phenoxy) is 2. The first kappa shape index (κ1) is 19.0. The first-order chi connectivity index (χ1) is 10.8. The number of hydrogen-bond donors (Lipinski definition) is 1. The summed E-state index contributed by atoms with van der Waals surface area (Å²) < 4.78 is 11.5. The molecular formula is C19H32O3. The monoisotopic (exact) mass is 308 g/mol. The van der Waals surface area contributed by atoms with Crippen molar-refractivity contribution in [3.8, 4) is 5.75 Å². The summed E-state index contributed by atoms with van der Waals surface area (Å²) in [5.74, 6) is 0.619. The zero-order chi connectivity index (χ0) is 16.1. The van der Waals surface area contributed by atoms with Gasteiger partial charge < -0.3 is 14.6 Å². The van der Waals surface area contributed by atoms with Crippen LogP contribution in [0.5, 0.6) is 5.75 Å². The molecule has 1 N–H and O–H groups in total. The lowest BCUT2D eigenvalue weighted by Crippen LogP contribution is -2.19. The molecule has 1 fully saturated rings. The third kappa shape index (κ3) is 8.40. The van der Waals surface area contributed by atoms with Gasteiger partial charge >= 0.3 is 0 Å². The van der Waals surface area contributed by atoms with E-state index in [4.69, 9.17) is 14.6 Å². The number of aliphatic hydroxyl groups is 1. The maximum atomic E-state index is 7.57. The number of epoxide rings is 1. The molecule has 1 aliphatic rings. The van der Waals surface area contributed by atoms with Crippen molar-refractivity contribution in [1.82, 2.24) is 0 Å². The van der Waals surface area contributed by atoms with E-state index in [0.717, 1.165) is 18.8 Å². The van der Waals surface area contributed by atoms with Crippen molar-refractivity contribution in [2.45, 2.75) is 71.0 Å². The molecular weight excluding hydrogens is 276 g/mol. The predicted molar refractivity (Wildman–Crippen MR) is 91.1 cm³/mol. The van der Waals surface area contributed by atoms with Gasteiger partial charge in [-0.25, -0.2) is 0 Å². The van der Waals surface area contributed by atoms with Gasteiger partial charge in [-0.1, -0.05) is 63.6 Å².